The van der Waals surface area contributed by atoms with Gasteiger partial charge in [0, 0.05) is 106 Å². The van der Waals surface area contributed by atoms with Crippen LogP contribution in [0.5, 0.6) is 0 Å². The Kier molecular flexibility index (Phi) is 28.5. The van der Waals surface area contributed by atoms with Crippen molar-refractivity contribution in [1.29, 1.82) is 0 Å². The maximum absolute atomic E-state index is 6.09. The topological polar surface area (TPSA) is 33.2 Å². The molecule has 0 saturated heterocycles. The third-order valence-electron chi connectivity index (χ3n) is 21.9. The molecule has 0 bridgehead atoms. The van der Waals surface area contributed by atoms with Crippen molar-refractivity contribution in [1.82, 2.24) is 13.7 Å². The van der Waals surface area contributed by atoms with Gasteiger partial charge >= 0.3 is 75.7 Å². The number of para-hydroxylation sites is 2. The van der Waals surface area contributed by atoms with Crippen LogP contribution in [0.2, 0.25) is 25.2 Å². The molecule has 0 radical (unpaired) electrons. The Hall–Kier alpha value is -4.34. The molecule has 0 aliphatic heterocycles. The van der Waals surface area contributed by atoms with Gasteiger partial charge in [-0.15, -0.1) is 0 Å². The normalized spacial score (nSPS) is 15.9. The predicted molar refractivity (Wildman–Crippen MR) is 439 cm³/mol. The van der Waals surface area contributed by atoms with E-state index in [1.807, 2.05) is 0 Å². The molecule has 4 aliphatic rings. The van der Waals surface area contributed by atoms with Crippen molar-refractivity contribution >= 4 is 82.9 Å². The zero-order valence-electron chi connectivity index (χ0n) is 62.9. The number of hydrogen-bond acceptors (Lipinski definition) is 2. The molecule has 3 aromatic heterocycles. The van der Waals surface area contributed by atoms with Crippen LogP contribution >= 0.6 is 34.1 Å². The van der Waals surface area contributed by atoms with Gasteiger partial charge in [-0.05, 0) is 141 Å². The van der Waals surface area contributed by atoms with Gasteiger partial charge in [-0.3, -0.25) is 0 Å². The average Bonchev–Trinajstić information content (AvgIpc) is 1.53. The fourth-order valence-electron chi connectivity index (χ4n) is 18.2. The quantitative estimate of drug-likeness (QED) is 0.0487. The van der Waals surface area contributed by atoms with E-state index in [-0.39, 0.29) is 40.9 Å². The van der Waals surface area contributed by atoms with Gasteiger partial charge in [-0.1, -0.05) is 233 Å². The van der Waals surface area contributed by atoms with E-state index in [2.05, 4.69) is 284 Å². The van der Waals surface area contributed by atoms with Crippen LogP contribution in [-0.4, -0.2) is 54.3 Å². The molecule has 13 heteroatoms. The Labute approximate surface area is 646 Å². The molecular weight excluding hydrogens is 1510 g/mol. The summed E-state index contributed by atoms with van der Waals surface area (Å²) in [5, 5.41) is 4.34. The summed E-state index contributed by atoms with van der Waals surface area (Å²) in [5.41, 5.74) is 31.1. The standard InChI is InChI=1S/C43H48N2OSi.C41H47NOSi.4CH3.4ClH.2Zr/c1-43(2,3)46-27-17-7-8-18-28-47(6,41-31-21-11-9-19-29(31)39-37(41)33-23-13-15-25-35(33)44(39)4)42-32-22-12-10-20-30(32)40-38(42)34-24-14-16-26-36(34)45(40)5;1-28-23-24-36-35(27-28)37-38(42(36)5)31-19-11-14-22-34(31)40(37)44(6,26-16-8-7-15-25-43-41(2,3)4)39-32-20-12-9-17-29(32)30-18-10-13-21-33(30)39;;;;;;;;;;/h9-16,19-26,41-42H,7-8,17-18,27-28H2,1-6H3;9-14,17-24,27,39-40H,7-8,15-16,25-26H2,1-6H3;4*1H3;4*1H;;/q;;4*-1;;;;;2*+4/p-4. The van der Waals surface area contributed by atoms with E-state index in [1.54, 1.807) is 44.5 Å². The van der Waals surface area contributed by atoms with E-state index in [0.717, 1.165) is 26.1 Å². The van der Waals surface area contributed by atoms with Gasteiger partial charge in [-0.25, -0.2) is 0 Å². The zero-order valence-corrected chi connectivity index (χ0v) is 72.8. The molecule has 101 heavy (non-hydrogen) atoms. The first-order valence-corrected chi connectivity index (χ1v) is 53.5. The number of hydrogen-bond donors (Lipinski definition) is 0. The molecule has 4 atom stereocenters. The van der Waals surface area contributed by atoms with Gasteiger partial charge in [0.05, 0.1) is 44.4 Å². The Bertz CT molecular complexity index is 4440. The molecule has 3 heterocycles. The Morgan fingerprint density at radius 2 is 0.634 bits per heavy atom. The van der Waals surface area contributed by atoms with E-state index >= 15 is 0 Å². The Morgan fingerprint density at radius 1 is 0.356 bits per heavy atom. The van der Waals surface area contributed by atoms with Gasteiger partial charge in [0.1, 0.15) is 0 Å². The average molecular weight is 1620 g/mol. The summed E-state index contributed by atoms with van der Waals surface area (Å²) >= 11 is -1.65. The summed E-state index contributed by atoms with van der Waals surface area (Å²) < 4.78 is 19.6. The van der Waals surface area contributed by atoms with Gasteiger partial charge in [0.2, 0.25) is 0 Å². The molecule has 0 fully saturated rings. The van der Waals surface area contributed by atoms with Crippen LogP contribution in [0.1, 0.15) is 165 Å². The summed E-state index contributed by atoms with van der Waals surface area (Å²) in [5.74, 6) is 0. The third-order valence-corrected chi connectivity index (χ3v) is 32.5. The maximum atomic E-state index is 6.09. The molecule has 4 aliphatic carbocycles. The third kappa shape index (κ3) is 15.9. The van der Waals surface area contributed by atoms with Crippen molar-refractivity contribution < 1.29 is 51.2 Å². The predicted octanol–water partition coefficient (Wildman–Crippen LogP) is 26.6. The van der Waals surface area contributed by atoms with Crippen LogP contribution < -0.4 is 0 Å². The molecule has 8 aromatic carbocycles. The summed E-state index contributed by atoms with van der Waals surface area (Å²) in [4.78, 5) is 0. The van der Waals surface area contributed by atoms with Crippen molar-refractivity contribution in [3.8, 4) is 44.9 Å². The molecule has 11 aromatic rings. The van der Waals surface area contributed by atoms with Gasteiger partial charge < -0.3 is 52.9 Å². The second-order valence-corrected chi connectivity index (χ2v) is 46.9. The number of fused-ring (bicyclic) bond motifs is 18. The number of unbranched alkanes of at least 4 members (excludes halogenated alkanes) is 6. The Morgan fingerprint density at radius 3 is 0.990 bits per heavy atom. The number of aromatic nitrogens is 3. The van der Waals surface area contributed by atoms with E-state index in [1.165, 1.54) is 134 Å². The molecule has 0 N–H and O–H groups in total. The fraction of sp³-hybridized carbons (Fsp3) is 0.341. The minimum atomic E-state index is -2.25. The van der Waals surface area contributed by atoms with Crippen molar-refractivity contribution in [2.24, 2.45) is 21.1 Å². The molecule has 530 valence electrons. The first-order chi connectivity index (χ1) is 46.7. The summed E-state index contributed by atoms with van der Waals surface area (Å²) in [6, 6.07) is 74.8. The monoisotopic (exact) mass is 1610 g/mol. The fourth-order valence-corrected chi connectivity index (χ4v) is 29.7. The molecule has 5 nitrogen and oxygen atoms in total. The summed E-state index contributed by atoms with van der Waals surface area (Å²) in [6.07, 6.45) is 9.79. The van der Waals surface area contributed by atoms with Crippen molar-refractivity contribution in [2.75, 3.05) is 13.2 Å². The number of benzene rings is 8. The van der Waals surface area contributed by atoms with Crippen molar-refractivity contribution in [3.05, 3.63) is 268 Å². The van der Waals surface area contributed by atoms with Crippen LogP contribution in [0.25, 0.3) is 77.6 Å². The van der Waals surface area contributed by atoms with Gasteiger partial charge in [0.25, 0.3) is 0 Å². The first-order valence-electron chi connectivity index (χ1n) is 35.1. The first kappa shape index (κ1) is 82.3. The Balaban J connectivity index is 0.000000230. The minimum absolute atomic E-state index is 0. The molecule has 0 saturated carbocycles. The number of rotatable bonds is 18. The van der Waals surface area contributed by atoms with E-state index in [0.29, 0.717) is 22.2 Å². The van der Waals surface area contributed by atoms with Gasteiger partial charge in [0.15, 0.2) is 0 Å². The van der Waals surface area contributed by atoms with E-state index < -0.39 is 57.8 Å². The number of nitrogens with zero attached hydrogens (tertiary/aromatic N) is 3. The molecule has 15 rings (SSSR count). The summed E-state index contributed by atoms with van der Waals surface area (Å²) in [6.45, 7) is 22.5. The van der Waals surface area contributed by atoms with Crippen molar-refractivity contribution in [2.45, 2.75) is 158 Å². The van der Waals surface area contributed by atoms with Crippen LogP contribution in [0.15, 0.2) is 188 Å². The van der Waals surface area contributed by atoms with E-state index in [9.17, 15) is 0 Å². The number of ether oxygens (including phenoxy) is 2. The summed E-state index contributed by atoms with van der Waals surface area (Å²) in [7, 11) is 22.2. The molecular formula is C88H107Cl4N3O2Si2Zr2. The second kappa shape index (κ2) is 34.9. The number of aryl methyl sites for hydroxylation is 4. The van der Waals surface area contributed by atoms with Crippen LogP contribution in [-0.2, 0) is 72.3 Å². The van der Waals surface area contributed by atoms with Crippen LogP contribution in [0.3, 0.4) is 0 Å². The van der Waals surface area contributed by atoms with Crippen LogP contribution in [0.4, 0.5) is 0 Å². The molecule has 4 unspecified atom stereocenters. The van der Waals surface area contributed by atoms with E-state index in [4.69, 9.17) is 43.5 Å². The zero-order chi connectivity index (χ0) is 68.6. The SMILES string of the molecule is Cc1ccc2c(c1)c1c(n2C)-c2ccccc2C1[Si](C)(CCCCCCOC(C)(C)C)C1c2ccccc2-c2ccccc21.Cn1c2c(c3ccccc31)C([Si](C)(CCCCCCOC(C)(C)C)C1c3ccccc3-c3c1c1ccccc1n3C)c1ccccc1-2.[CH3-].[CH3-].[CH3-].[CH3-].[Cl][Zr+2][Cl].[Cl][Zr+2][Cl]. The number of halogens is 4. The molecule has 0 spiro atoms. The van der Waals surface area contributed by atoms with Crippen LogP contribution in [0, 0.1) is 36.6 Å². The van der Waals surface area contributed by atoms with Crippen molar-refractivity contribution in [3.63, 3.8) is 0 Å². The second-order valence-electron chi connectivity index (χ2n) is 30.1. The molecule has 0 amide bonds. The van der Waals surface area contributed by atoms with Gasteiger partial charge in [-0.2, -0.15) is 0 Å².